The molecule has 0 saturated heterocycles. The molecular weight excluding hydrogens is 210 g/mol. The predicted molar refractivity (Wildman–Crippen MR) is 76.2 cm³/mol. The van der Waals surface area contributed by atoms with Crippen LogP contribution in [0.2, 0.25) is 0 Å². The SMILES string of the molecule is C=COCCCNCCCCCCCCCC. The lowest BCUT2D eigenvalue weighted by Gasteiger charge is -2.04. The third-order valence-corrected chi connectivity index (χ3v) is 2.94. The van der Waals surface area contributed by atoms with E-state index >= 15 is 0 Å². The van der Waals surface area contributed by atoms with Crippen LogP contribution >= 0.6 is 0 Å². The average Bonchev–Trinajstić information content (AvgIpc) is 2.35. The smallest absolute Gasteiger partial charge is 0.0885 e. The van der Waals surface area contributed by atoms with Crippen molar-refractivity contribution >= 4 is 0 Å². The van der Waals surface area contributed by atoms with Crippen molar-refractivity contribution in [1.29, 1.82) is 0 Å². The molecule has 0 heterocycles. The summed E-state index contributed by atoms with van der Waals surface area (Å²) >= 11 is 0. The minimum atomic E-state index is 0.786. The summed E-state index contributed by atoms with van der Waals surface area (Å²) in [6.45, 7) is 8.78. The van der Waals surface area contributed by atoms with Crippen molar-refractivity contribution in [3.05, 3.63) is 12.8 Å². The molecule has 0 aromatic carbocycles. The summed E-state index contributed by atoms with van der Waals surface area (Å²) in [6.07, 6.45) is 13.7. The fraction of sp³-hybridized carbons (Fsp3) is 0.867. The van der Waals surface area contributed by atoms with Crippen LogP contribution in [-0.2, 0) is 4.74 Å². The van der Waals surface area contributed by atoms with E-state index < -0.39 is 0 Å². The molecule has 1 N–H and O–H groups in total. The third kappa shape index (κ3) is 15.5. The van der Waals surface area contributed by atoms with E-state index in [1.165, 1.54) is 57.6 Å². The van der Waals surface area contributed by atoms with E-state index in [1.54, 1.807) is 0 Å². The summed E-state index contributed by atoms with van der Waals surface area (Å²) in [5.41, 5.74) is 0. The van der Waals surface area contributed by atoms with Crippen LogP contribution in [0.4, 0.5) is 0 Å². The highest BCUT2D eigenvalue weighted by atomic mass is 16.5. The molecule has 0 aliphatic heterocycles. The molecule has 0 aromatic rings. The lowest BCUT2D eigenvalue weighted by molar-refractivity contribution is 0.244. The van der Waals surface area contributed by atoms with Crippen molar-refractivity contribution in [2.45, 2.75) is 64.7 Å². The minimum Gasteiger partial charge on any atom is -0.502 e. The summed E-state index contributed by atoms with van der Waals surface area (Å²) < 4.78 is 5.05. The van der Waals surface area contributed by atoms with Gasteiger partial charge in [0.05, 0.1) is 12.9 Å². The van der Waals surface area contributed by atoms with Gasteiger partial charge in [-0.1, -0.05) is 58.4 Å². The summed E-state index contributed by atoms with van der Waals surface area (Å²) in [7, 11) is 0. The van der Waals surface area contributed by atoms with Crippen LogP contribution in [0.1, 0.15) is 64.7 Å². The first-order chi connectivity index (χ1) is 8.41. The van der Waals surface area contributed by atoms with Gasteiger partial charge in [0.25, 0.3) is 0 Å². The van der Waals surface area contributed by atoms with Gasteiger partial charge in [-0.3, -0.25) is 0 Å². The largest absolute Gasteiger partial charge is 0.502 e. The number of ether oxygens (including phenoxy) is 1. The molecule has 0 aromatic heterocycles. The van der Waals surface area contributed by atoms with Crippen LogP contribution in [0.3, 0.4) is 0 Å². The number of nitrogens with one attached hydrogen (secondary N) is 1. The molecule has 0 amide bonds. The normalized spacial score (nSPS) is 10.4. The van der Waals surface area contributed by atoms with Crippen LogP contribution in [-0.4, -0.2) is 19.7 Å². The second-order valence-electron chi connectivity index (χ2n) is 4.62. The molecule has 0 fully saturated rings. The van der Waals surface area contributed by atoms with E-state index in [0.29, 0.717) is 0 Å². The summed E-state index contributed by atoms with van der Waals surface area (Å²) in [5, 5.41) is 3.44. The molecule has 0 unspecified atom stereocenters. The quantitative estimate of drug-likeness (QED) is 0.362. The molecule has 0 spiro atoms. The highest BCUT2D eigenvalue weighted by molar-refractivity contribution is 4.52. The zero-order chi connectivity index (χ0) is 12.6. The van der Waals surface area contributed by atoms with E-state index in [0.717, 1.165) is 26.1 Å². The van der Waals surface area contributed by atoms with Crippen molar-refractivity contribution in [2.75, 3.05) is 19.7 Å². The molecule has 0 aliphatic carbocycles. The number of hydrogen-bond donors (Lipinski definition) is 1. The predicted octanol–water partition coefficient (Wildman–Crippen LogP) is 4.27. The maximum Gasteiger partial charge on any atom is 0.0885 e. The van der Waals surface area contributed by atoms with Crippen molar-refractivity contribution in [1.82, 2.24) is 5.32 Å². The Kier molecular flexibility index (Phi) is 15.0. The van der Waals surface area contributed by atoms with E-state index in [9.17, 15) is 0 Å². The third-order valence-electron chi connectivity index (χ3n) is 2.94. The average molecular weight is 241 g/mol. The zero-order valence-corrected chi connectivity index (χ0v) is 11.7. The van der Waals surface area contributed by atoms with Crippen molar-refractivity contribution in [3.63, 3.8) is 0 Å². The number of rotatable bonds is 14. The van der Waals surface area contributed by atoms with Crippen LogP contribution in [0.15, 0.2) is 12.8 Å². The Morgan fingerprint density at radius 1 is 0.882 bits per heavy atom. The molecule has 0 rings (SSSR count). The first-order valence-corrected chi connectivity index (χ1v) is 7.35. The lowest BCUT2D eigenvalue weighted by atomic mass is 10.1. The topological polar surface area (TPSA) is 21.3 Å². The number of hydrogen-bond acceptors (Lipinski definition) is 2. The fourth-order valence-electron chi connectivity index (χ4n) is 1.87. The molecule has 2 heteroatoms. The second kappa shape index (κ2) is 15.5. The minimum absolute atomic E-state index is 0.786. The first kappa shape index (κ1) is 16.5. The van der Waals surface area contributed by atoms with E-state index in [1.807, 2.05) is 0 Å². The maximum absolute atomic E-state index is 5.05. The van der Waals surface area contributed by atoms with Crippen molar-refractivity contribution < 1.29 is 4.74 Å². The van der Waals surface area contributed by atoms with E-state index in [4.69, 9.17) is 4.74 Å². The van der Waals surface area contributed by atoms with Gasteiger partial charge in [-0.2, -0.15) is 0 Å². The van der Waals surface area contributed by atoms with Gasteiger partial charge in [0, 0.05) is 0 Å². The van der Waals surface area contributed by atoms with E-state index in [-0.39, 0.29) is 0 Å². The highest BCUT2D eigenvalue weighted by Crippen LogP contribution is 2.07. The monoisotopic (exact) mass is 241 g/mol. The standard InChI is InChI=1S/C15H31NO/c1-3-5-6-7-8-9-10-11-13-16-14-12-15-17-4-2/h4,16H,2-3,5-15H2,1H3. The molecular formula is C15H31NO. The molecule has 2 nitrogen and oxygen atoms in total. The fourth-order valence-corrected chi connectivity index (χ4v) is 1.87. The van der Waals surface area contributed by atoms with Gasteiger partial charge in [-0.15, -0.1) is 0 Å². The summed E-state index contributed by atoms with van der Waals surface area (Å²) in [6, 6.07) is 0. The van der Waals surface area contributed by atoms with Crippen molar-refractivity contribution in [3.8, 4) is 0 Å². The Hall–Kier alpha value is -0.500. The maximum atomic E-state index is 5.05. The Bertz CT molecular complexity index is 148. The highest BCUT2D eigenvalue weighted by Gasteiger charge is 1.92. The van der Waals surface area contributed by atoms with Crippen LogP contribution in [0.5, 0.6) is 0 Å². The van der Waals surface area contributed by atoms with E-state index in [2.05, 4.69) is 18.8 Å². The molecule has 0 saturated carbocycles. The van der Waals surface area contributed by atoms with Gasteiger partial charge < -0.3 is 10.1 Å². The molecule has 17 heavy (non-hydrogen) atoms. The van der Waals surface area contributed by atoms with Gasteiger partial charge in [0.2, 0.25) is 0 Å². The van der Waals surface area contributed by atoms with Gasteiger partial charge >= 0.3 is 0 Å². The molecule has 0 bridgehead atoms. The molecule has 102 valence electrons. The molecule has 0 atom stereocenters. The van der Waals surface area contributed by atoms with Crippen LogP contribution < -0.4 is 5.32 Å². The van der Waals surface area contributed by atoms with Gasteiger partial charge in [-0.25, -0.2) is 0 Å². The molecule has 0 aliphatic rings. The Morgan fingerprint density at radius 3 is 2.12 bits per heavy atom. The Labute approximate surface area is 108 Å². The van der Waals surface area contributed by atoms with Gasteiger partial charge in [-0.05, 0) is 25.9 Å². The summed E-state index contributed by atoms with van der Waals surface area (Å²) in [5.74, 6) is 0. The Morgan fingerprint density at radius 2 is 1.47 bits per heavy atom. The van der Waals surface area contributed by atoms with Crippen molar-refractivity contribution in [2.24, 2.45) is 0 Å². The first-order valence-electron chi connectivity index (χ1n) is 7.35. The molecule has 0 radical (unpaired) electrons. The van der Waals surface area contributed by atoms with Crippen LogP contribution in [0.25, 0.3) is 0 Å². The summed E-state index contributed by atoms with van der Waals surface area (Å²) in [4.78, 5) is 0. The lowest BCUT2D eigenvalue weighted by Crippen LogP contribution is -2.17. The second-order valence-corrected chi connectivity index (χ2v) is 4.62. The number of unbranched alkanes of at least 4 members (excludes halogenated alkanes) is 7. The van der Waals surface area contributed by atoms with Gasteiger partial charge in [0.1, 0.15) is 0 Å². The Balaban J connectivity index is 2.87. The van der Waals surface area contributed by atoms with Gasteiger partial charge in [0.15, 0.2) is 0 Å². The van der Waals surface area contributed by atoms with Crippen LogP contribution in [0, 0.1) is 0 Å². The zero-order valence-electron chi connectivity index (χ0n) is 11.7.